The van der Waals surface area contributed by atoms with Crippen LogP contribution in [0.25, 0.3) is 10.8 Å². The highest BCUT2D eigenvalue weighted by Crippen LogP contribution is 2.34. The first-order valence-electron chi connectivity index (χ1n) is 8.99. The van der Waals surface area contributed by atoms with Gasteiger partial charge >= 0.3 is 0 Å². The van der Waals surface area contributed by atoms with Gasteiger partial charge in [0.1, 0.15) is 0 Å². The van der Waals surface area contributed by atoms with Crippen molar-refractivity contribution in [3.8, 4) is 0 Å². The number of ether oxygens (including phenoxy) is 3. The van der Waals surface area contributed by atoms with Crippen LogP contribution in [-0.2, 0) is 27.4 Å². The molecule has 128 valence electrons. The van der Waals surface area contributed by atoms with Crippen molar-refractivity contribution in [2.75, 3.05) is 6.61 Å². The Balaban J connectivity index is 1.69. The fraction of sp³-hybridized carbons (Fsp3) is 0.524. The molecule has 2 aliphatic rings. The van der Waals surface area contributed by atoms with Crippen LogP contribution in [0.3, 0.4) is 0 Å². The van der Waals surface area contributed by atoms with Crippen LogP contribution in [0, 0.1) is 11.8 Å². The molecule has 0 aromatic heterocycles. The Morgan fingerprint density at radius 3 is 2.25 bits per heavy atom. The molecule has 0 amide bonds. The van der Waals surface area contributed by atoms with Gasteiger partial charge in [0.25, 0.3) is 0 Å². The molecule has 0 spiro atoms. The molecule has 2 aromatic rings. The first-order chi connectivity index (χ1) is 11.6. The molecule has 1 saturated heterocycles. The molecule has 3 heteroatoms. The topological polar surface area (TPSA) is 27.7 Å². The van der Waals surface area contributed by atoms with E-state index in [1.54, 1.807) is 0 Å². The Kier molecular flexibility index (Phi) is 4.33. The molecule has 2 bridgehead atoms. The highest BCUT2D eigenvalue weighted by atomic mass is 16.5. The van der Waals surface area contributed by atoms with E-state index in [1.165, 1.54) is 21.9 Å². The summed E-state index contributed by atoms with van der Waals surface area (Å²) in [6.07, 6.45) is 0.526. The van der Waals surface area contributed by atoms with Gasteiger partial charge in [-0.25, -0.2) is 0 Å². The Bertz CT molecular complexity index is 726. The van der Waals surface area contributed by atoms with E-state index in [4.69, 9.17) is 14.2 Å². The first-order valence-corrected chi connectivity index (χ1v) is 8.99. The van der Waals surface area contributed by atoms with Gasteiger partial charge in [0.2, 0.25) is 0 Å². The van der Waals surface area contributed by atoms with Crippen LogP contribution in [0.5, 0.6) is 0 Å². The Morgan fingerprint density at radius 2 is 1.54 bits per heavy atom. The lowest BCUT2D eigenvalue weighted by molar-refractivity contribution is -0.195. The van der Waals surface area contributed by atoms with Gasteiger partial charge in [-0.2, -0.15) is 0 Å². The Hall–Kier alpha value is -1.42. The lowest BCUT2D eigenvalue weighted by atomic mass is 9.83. The second-order valence-corrected chi connectivity index (χ2v) is 7.36. The molecule has 0 N–H and O–H groups in total. The van der Waals surface area contributed by atoms with E-state index in [9.17, 15) is 0 Å². The summed E-state index contributed by atoms with van der Waals surface area (Å²) < 4.78 is 18.6. The maximum absolute atomic E-state index is 6.42. The highest BCUT2D eigenvalue weighted by Gasteiger charge is 2.40. The zero-order chi connectivity index (χ0) is 16.7. The molecule has 1 fully saturated rings. The largest absolute Gasteiger partial charge is 0.374 e. The summed E-state index contributed by atoms with van der Waals surface area (Å²) in [7, 11) is 0. The first kappa shape index (κ1) is 16.1. The van der Waals surface area contributed by atoms with E-state index in [0.29, 0.717) is 31.7 Å². The summed E-state index contributed by atoms with van der Waals surface area (Å²) in [6.45, 7) is 8.49. The van der Waals surface area contributed by atoms with Crippen molar-refractivity contribution in [3.05, 3.63) is 47.5 Å². The molecule has 0 radical (unpaired) electrons. The third kappa shape index (κ3) is 2.85. The molecule has 5 atom stereocenters. The average Bonchev–Trinajstić information content (AvgIpc) is 2.58. The minimum Gasteiger partial charge on any atom is -0.374 e. The van der Waals surface area contributed by atoms with Gasteiger partial charge in [0, 0.05) is 11.8 Å². The number of hydrogen-bond donors (Lipinski definition) is 0. The summed E-state index contributed by atoms with van der Waals surface area (Å²) in [5.41, 5.74) is 2.47. The summed E-state index contributed by atoms with van der Waals surface area (Å²) in [6, 6.07) is 13.0. The van der Waals surface area contributed by atoms with Crippen molar-refractivity contribution in [2.45, 2.75) is 52.3 Å². The second kappa shape index (κ2) is 6.47. The van der Waals surface area contributed by atoms with Gasteiger partial charge in [-0.3, -0.25) is 0 Å². The Morgan fingerprint density at radius 1 is 0.875 bits per heavy atom. The highest BCUT2D eigenvalue weighted by molar-refractivity contribution is 5.84. The predicted molar refractivity (Wildman–Crippen MR) is 94.8 cm³/mol. The molecule has 4 rings (SSSR count). The van der Waals surface area contributed by atoms with E-state index in [2.05, 4.69) is 57.2 Å². The minimum absolute atomic E-state index is 0.114. The van der Waals surface area contributed by atoms with E-state index in [-0.39, 0.29) is 18.3 Å². The third-order valence-corrected chi connectivity index (χ3v) is 5.79. The predicted octanol–water partition coefficient (Wildman–Crippen LogP) is 4.31. The zero-order valence-electron chi connectivity index (χ0n) is 14.7. The molecular weight excluding hydrogens is 300 g/mol. The molecule has 0 saturated carbocycles. The maximum Gasteiger partial charge on any atom is 0.0862 e. The number of fused-ring (bicyclic) bond motifs is 4. The normalized spacial score (nSPS) is 33.9. The summed E-state index contributed by atoms with van der Waals surface area (Å²) in [4.78, 5) is 0. The standard InChI is InChI=1S/C21H26O3/c1-13-15(3)24-20-12-22-10-18-8-16-6-4-5-7-17(16)9-19(18)11-23-21(13)14(20)2/h4-9,13-15,20-21H,10-12H2,1-3H3/t13?,14-,15?,20?,21-/m0/s1. The van der Waals surface area contributed by atoms with Crippen molar-refractivity contribution in [2.24, 2.45) is 11.8 Å². The fourth-order valence-electron chi connectivity index (χ4n) is 4.05. The van der Waals surface area contributed by atoms with E-state index >= 15 is 0 Å². The van der Waals surface area contributed by atoms with Crippen LogP contribution in [0.1, 0.15) is 31.9 Å². The van der Waals surface area contributed by atoms with Gasteiger partial charge in [0.15, 0.2) is 0 Å². The summed E-state index contributed by atoms with van der Waals surface area (Å²) in [5, 5.41) is 2.51. The SMILES string of the molecule is CC1OC2COCc3cc4ccccc4cc3CO[C@@H](C1C)[C@H]2C. The lowest BCUT2D eigenvalue weighted by Crippen LogP contribution is -2.50. The van der Waals surface area contributed by atoms with Crippen molar-refractivity contribution in [1.82, 2.24) is 0 Å². The molecule has 24 heavy (non-hydrogen) atoms. The van der Waals surface area contributed by atoms with Gasteiger partial charge in [-0.15, -0.1) is 0 Å². The molecule has 2 aromatic carbocycles. The van der Waals surface area contributed by atoms with E-state index < -0.39 is 0 Å². The van der Waals surface area contributed by atoms with Crippen LogP contribution in [0.15, 0.2) is 36.4 Å². The summed E-state index contributed by atoms with van der Waals surface area (Å²) in [5.74, 6) is 0.734. The van der Waals surface area contributed by atoms with Crippen LogP contribution in [0.2, 0.25) is 0 Å². The van der Waals surface area contributed by atoms with Crippen molar-refractivity contribution in [3.63, 3.8) is 0 Å². The van der Waals surface area contributed by atoms with Gasteiger partial charge in [0.05, 0.1) is 38.1 Å². The quantitative estimate of drug-likeness (QED) is 0.722. The van der Waals surface area contributed by atoms with Crippen molar-refractivity contribution < 1.29 is 14.2 Å². The third-order valence-electron chi connectivity index (χ3n) is 5.79. The number of hydrogen-bond acceptors (Lipinski definition) is 3. The molecule has 3 nitrogen and oxygen atoms in total. The van der Waals surface area contributed by atoms with E-state index in [0.717, 1.165) is 0 Å². The zero-order valence-corrected chi connectivity index (χ0v) is 14.7. The van der Waals surface area contributed by atoms with Crippen LogP contribution < -0.4 is 0 Å². The Labute approximate surface area is 143 Å². The van der Waals surface area contributed by atoms with Gasteiger partial charge in [-0.05, 0) is 41.0 Å². The molecule has 2 heterocycles. The number of rotatable bonds is 0. The van der Waals surface area contributed by atoms with Crippen LogP contribution in [-0.4, -0.2) is 24.9 Å². The molecule has 2 aliphatic heterocycles. The van der Waals surface area contributed by atoms with Crippen molar-refractivity contribution >= 4 is 10.8 Å². The molecule has 0 aliphatic carbocycles. The smallest absolute Gasteiger partial charge is 0.0862 e. The second-order valence-electron chi connectivity index (χ2n) is 7.36. The molecular formula is C21H26O3. The van der Waals surface area contributed by atoms with Gasteiger partial charge in [-0.1, -0.05) is 38.1 Å². The van der Waals surface area contributed by atoms with Crippen molar-refractivity contribution in [1.29, 1.82) is 0 Å². The van der Waals surface area contributed by atoms with Crippen LogP contribution >= 0.6 is 0 Å². The lowest BCUT2D eigenvalue weighted by Gasteiger charge is -2.44. The van der Waals surface area contributed by atoms with Crippen LogP contribution in [0.4, 0.5) is 0 Å². The fourth-order valence-corrected chi connectivity index (χ4v) is 4.05. The maximum atomic E-state index is 6.42. The monoisotopic (exact) mass is 326 g/mol. The number of benzene rings is 2. The van der Waals surface area contributed by atoms with E-state index in [1.807, 2.05) is 0 Å². The summed E-state index contributed by atoms with van der Waals surface area (Å²) >= 11 is 0. The average molecular weight is 326 g/mol. The van der Waals surface area contributed by atoms with Gasteiger partial charge < -0.3 is 14.2 Å². The minimum atomic E-state index is 0.114. The molecule has 3 unspecified atom stereocenters.